The van der Waals surface area contributed by atoms with Gasteiger partial charge in [-0.25, -0.2) is 4.79 Å². The number of halogens is 1. The molecule has 20 heavy (non-hydrogen) atoms. The number of rotatable bonds is 6. The lowest BCUT2D eigenvalue weighted by Gasteiger charge is -2.22. The highest BCUT2D eigenvalue weighted by Crippen LogP contribution is 2.36. The number of ether oxygens (including phenoxy) is 1. The normalized spacial score (nSPS) is 18.4. The highest BCUT2D eigenvalue weighted by Gasteiger charge is 2.33. The monoisotopic (exact) mass is 337 g/mol. The second-order valence-electron chi connectivity index (χ2n) is 5.90. The first-order valence-corrected chi connectivity index (χ1v) is 8.07. The van der Waals surface area contributed by atoms with Gasteiger partial charge in [0.25, 0.3) is 0 Å². The van der Waals surface area contributed by atoms with Gasteiger partial charge in [0.05, 0.1) is 12.7 Å². The van der Waals surface area contributed by atoms with E-state index >= 15 is 0 Å². The topological polar surface area (TPSA) is 29.5 Å². The first-order valence-electron chi connectivity index (χ1n) is 7.28. The minimum Gasteiger partial charge on any atom is -0.465 e. The SMILES string of the molecule is COC(=O)c1ccc(CN(CC2CC2)C2CC2)c(Br)c1. The van der Waals surface area contributed by atoms with Crippen LogP contribution in [-0.2, 0) is 11.3 Å². The molecule has 1 aromatic carbocycles. The van der Waals surface area contributed by atoms with Gasteiger partial charge in [-0.2, -0.15) is 0 Å². The summed E-state index contributed by atoms with van der Waals surface area (Å²) in [7, 11) is 1.41. The molecule has 0 aromatic heterocycles. The Morgan fingerprint density at radius 1 is 1.35 bits per heavy atom. The fraction of sp³-hybridized carbons (Fsp3) is 0.562. The fourth-order valence-electron chi connectivity index (χ4n) is 2.55. The van der Waals surface area contributed by atoms with E-state index in [4.69, 9.17) is 4.74 Å². The van der Waals surface area contributed by atoms with Crippen molar-refractivity contribution in [2.45, 2.75) is 38.3 Å². The van der Waals surface area contributed by atoms with Crippen LogP contribution in [0, 0.1) is 5.92 Å². The van der Waals surface area contributed by atoms with Crippen LogP contribution in [-0.4, -0.2) is 30.6 Å². The van der Waals surface area contributed by atoms with Gasteiger partial charge in [-0.15, -0.1) is 0 Å². The fourth-order valence-corrected chi connectivity index (χ4v) is 3.06. The number of esters is 1. The average Bonchev–Trinajstić information content (AvgIpc) is 3.31. The summed E-state index contributed by atoms with van der Waals surface area (Å²) in [6.45, 7) is 2.21. The van der Waals surface area contributed by atoms with E-state index in [1.54, 1.807) is 0 Å². The Hall–Kier alpha value is -0.870. The van der Waals surface area contributed by atoms with Crippen LogP contribution in [0.25, 0.3) is 0 Å². The zero-order valence-corrected chi connectivity index (χ0v) is 13.4. The van der Waals surface area contributed by atoms with Gasteiger partial charge in [-0.3, -0.25) is 4.90 Å². The number of nitrogens with zero attached hydrogens (tertiary/aromatic N) is 1. The summed E-state index contributed by atoms with van der Waals surface area (Å²) in [6.07, 6.45) is 5.46. The number of methoxy groups -OCH3 is 1. The average molecular weight is 338 g/mol. The summed E-state index contributed by atoms with van der Waals surface area (Å²) in [5.74, 6) is 0.637. The van der Waals surface area contributed by atoms with Crippen molar-refractivity contribution in [1.29, 1.82) is 0 Å². The molecule has 3 rings (SSSR count). The van der Waals surface area contributed by atoms with Gasteiger partial charge in [0.1, 0.15) is 0 Å². The first-order chi connectivity index (χ1) is 9.67. The molecule has 0 aliphatic heterocycles. The minimum atomic E-state index is -0.283. The molecule has 1 aromatic rings. The molecule has 2 saturated carbocycles. The van der Waals surface area contributed by atoms with Crippen molar-refractivity contribution < 1.29 is 9.53 Å². The Morgan fingerprint density at radius 2 is 2.10 bits per heavy atom. The van der Waals surface area contributed by atoms with Crippen LogP contribution in [0.5, 0.6) is 0 Å². The van der Waals surface area contributed by atoms with E-state index in [9.17, 15) is 4.79 Å². The molecular weight excluding hydrogens is 318 g/mol. The number of carbonyl (C=O) groups is 1. The first kappa shape index (κ1) is 14.1. The molecule has 0 bridgehead atoms. The minimum absolute atomic E-state index is 0.283. The second kappa shape index (κ2) is 5.86. The van der Waals surface area contributed by atoms with Crippen LogP contribution in [0.15, 0.2) is 22.7 Å². The summed E-state index contributed by atoms with van der Waals surface area (Å²) < 4.78 is 5.75. The maximum Gasteiger partial charge on any atom is 0.337 e. The number of hydrogen-bond acceptors (Lipinski definition) is 3. The Bertz CT molecular complexity index is 509. The van der Waals surface area contributed by atoms with E-state index in [0.717, 1.165) is 23.0 Å². The largest absolute Gasteiger partial charge is 0.465 e. The van der Waals surface area contributed by atoms with E-state index in [0.29, 0.717) is 5.56 Å². The summed E-state index contributed by atoms with van der Waals surface area (Å²) in [5.41, 5.74) is 1.86. The number of benzene rings is 1. The van der Waals surface area contributed by atoms with Gasteiger partial charge in [-0.1, -0.05) is 22.0 Å². The Morgan fingerprint density at radius 3 is 2.65 bits per heavy atom. The van der Waals surface area contributed by atoms with Crippen LogP contribution in [0.1, 0.15) is 41.6 Å². The van der Waals surface area contributed by atoms with Gasteiger partial charge in [-0.05, 0) is 49.3 Å². The maximum atomic E-state index is 11.5. The Labute approximate surface area is 128 Å². The van der Waals surface area contributed by atoms with E-state index in [1.165, 1.54) is 44.9 Å². The predicted octanol–water partition coefficient (Wildman–Crippen LogP) is 3.61. The molecule has 2 aliphatic rings. The zero-order chi connectivity index (χ0) is 14.1. The molecule has 0 N–H and O–H groups in total. The molecule has 3 nitrogen and oxygen atoms in total. The van der Waals surface area contributed by atoms with Crippen LogP contribution in [0.3, 0.4) is 0 Å². The molecule has 0 heterocycles. The van der Waals surface area contributed by atoms with E-state index in [1.807, 2.05) is 18.2 Å². The summed E-state index contributed by atoms with van der Waals surface area (Å²) >= 11 is 3.59. The van der Waals surface area contributed by atoms with Crippen molar-refractivity contribution in [3.63, 3.8) is 0 Å². The van der Waals surface area contributed by atoms with Crippen molar-refractivity contribution in [3.05, 3.63) is 33.8 Å². The van der Waals surface area contributed by atoms with Crippen LogP contribution < -0.4 is 0 Å². The molecule has 2 fully saturated rings. The zero-order valence-electron chi connectivity index (χ0n) is 11.8. The Kier molecular flexibility index (Phi) is 4.13. The lowest BCUT2D eigenvalue weighted by atomic mass is 10.1. The van der Waals surface area contributed by atoms with Crippen molar-refractivity contribution in [3.8, 4) is 0 Å². The van der Waals surface area contributed by atoms with Crippen molar-refractivity contribution in [2.75, 3.05) is 13.7 Å². The van der Waals surface area contributed by atoms with E-state index in [-0.39, 0.29) is 5.97 Å². The molecule has 4 heteroatoms. The molecule has 0 atom stereocenters. The van der Waals surface area contributed by atoms with Gasteiger partial charge < -0.3 is 4.74 Å². The van der Waals surface area contributed by atoms with E-state index in [2.05, 4.69) is 20.8 Å². The quantitative estimate of drug-likeness (QED) is 0.742. The molecular formula is C16H20BrNO2. The molecule has 0 radical (unpaired) electrons. The number of carbonyl (C=O) groups excluding carboxylic acids is 1. The third kappa shape index (κ3) is 3.41. The second-order valence-corrected chi connectivity index (χ2v) is 6.76. The highest BCUT2D eigenvalue weighted by atomic mass is 79.9. The van der Waals surface area contributed by atoms with Crippen molar-refractivity contribution in [1.82, 2.24) is 4.90 Å². The summed E-state index contributed by atoms with van der Waals surface area (Å²) in [6, 6.07) is 6.54. The van der Waals surface area contributed by atoms with Gasteiger partial charge in [0.2, 0.25) is 0 Å². The maximum absolute atomic E-state index is 11.5. The van der Waals surface area contributed by atoms with Crippen LogP contribution in [0.4, 0.5) is 0 Å². The van der Waals surface area contributed by atoms with E-state index < -0.39 is 0 Å². The van der Waals surface area contributed by atoms with Gasteiger partial charge >= 0.3 is 5.97 Å². The smallest absolute Gasteiger partial charge is 0.337 e. The van der Waals surface area contributed by atoms with Crippen molar-refractivity contribution >= 4 is 21.9 Å². The van der Waals surface area contributed by atoms with Crippen LogP contribution >= 0.6 is 15.9 Å². The number of hydrogen-bond donors (Lipinski definition) is 0. The Balaban J connectivity index is 1.70. The standard InChI is InChI=1S/C16H20BrNO2/c1-20-16(19)12-4-5-13(15(17)8-12)10-18(14-6-7-14)9-11-2-3-11/h4-5,8,11,14H,2-3,6-7,9-10H2,1H3. The lowest BCUT2D eigenvalue weighted by molar-refractivity contribution is 0.0600. The lowest BCUT2D eigenvalue weighted by Crippen LogP contribution is -2.28. The van der Waals surface area contributed by atoms with Crippen LogP contribution in [0.2, 0.25) is 0 Å². The molecule has 108 valence electrons. The molecule has 2 aliphatic carbocycles. The van der Waals surface area contributed by atoms with Gasteiger partial charge in [0, 0.05) is 23.6 Å². The molecule has 0 spiro atoms. The molecule has 0 amide bonds. The summed E-state index contributed by atoms with van der Waals surface area (Å²) in [5, 5.41) is 0. The molecule has 0 saturated heterocycles. The predicted molar refractivity (Wildman–Crippen MR) is 81.6 cm³/mol. The third-order valence-corrected chi connectivity index (χ3v) is 4.84. The molecule has 0 unspecified atom stereocenters. The third-order valence-electron chi connectivity index (χ3n) is 4.10. The summed E-state index contributed by atoms with van der Waals surface area (Å²) in [4.78, 5) is 14.1. The highest BCUT2D eigenvalue weighted by molar-refractivity contribution is 9.10. The van der Waals surface area contributed by atoms with Gasteiger partial charge in [0.15, 0.2) is 0 Å². The van der Waals surface area contributed by atoms with Crippen molar-refractivity contribution in [2.24, 2.45) is 5.92 Å².